The minimum atomic E-state index is 0.614. The molecule has 0 unspecified atom stereocenters. The number of furan rings is 1. The summed E-state index contributed by atoms with van der Waals surface area (Å²) in [7, 11) is 0. The maximum Gasteiger partial charge on any atom is 0.164 e. The molecule has 0 aliphatic rings. The highest BCUT2D eigenvalue weighted by atomic mass is 16.3. The Balaban J connectivity index is 1.16. The van der Waals surface area contributed by atoms with E-state index in [9.17, 15) is 0 Å². The first-order valence-electron chi connectivity index (χ1n) is 16.7. The molecule has 0 bridgehead atoms. The quantitative estimate of drug-likeness (QED) is 0.188. The van der Waals surface area contributed by atoms with Gasteiger partial charge in [0, 0.05) is 43.9 Å². The molecule has 5 heteroatoms. The van der Waals surface area contributed by atoms with Crippen LogP contribution in [0.1, 0.15) is 0 Å². The third-order valence-electron chi connectivity index (χ3n) is 9.45. The van der Waals surface area contributed by atoms with Crippen molar-refractivity contribution in [2.24, 2.45) is 0 Å². The first kappa shape index (κ1) is 28.2. The van der Waals surface area contributed by atoms with Crippen molar-refractivity contribution in [1.82, 2.24) is 19.5 Å². The van der Waals surface area contributed by atoms with E-state index >= 15 is 0 Å². The molecule has 0 radical (unpaired) electrons. The number of hydrogen-bond acceptors (Lipinski definition) is 4. The van der Waals surface area contributed by atoms with Crippen LogP contribution in [-0.2, 0) is 0 Å². The smallest absolute Gasteiger partial charge is 0.164 e. The molecular formula is C45H28N4O. The van der Waals surface area contributed by atoms with Crippen LogP contribution in [0.25, 0.3) is 94.7 Å². The van der Waals surface area contributed by atoms with Crippen LogP contribution in [-0.4, -0.2) is 19.5 Å². The molecule has 0 spiro atoms. The molecule has 0 saturated heterocycles. The molecule has 0 amide bonds. The van der Waals surface area contributed by atoms with Crippen molar-refractivity contribution >= 4 is 43.7 Å². The monoisotopic (exact) mass is 640 g/mol. The standard InChI is InChI=1S/C45H28N4O/c1-4-12-29(13-5-1)30-20-23-34(24-21-30)49-39-19-11-10-18-35(39)36-28-42-38(27-40(36)49)37-26-33(22-25-41(37)50-42)45-47-43(31-14-6-2-7-15-31)46-44(48-45)32-16-8-3-9-17-32/h1-28H. The van der Waals surface area contributed by atoms with Crippen LogP contribution >= 0.6 is 0 Å². The fourth-order valence-electron chi connectivity index (χ4n) is 7.03. The van der Waals surface area contributed by atoms with E-state index in [1.165, 1.54) is 16.5 Å². The summed E-state index contributed by atoms with van der Waals surface area (Å²) < 4.78 is 8.86. The van der Waals surface area contributed by atoms with Gasteiger partial charge in [-0.15, -0.1) is 0 Å². The fraction of sp³-hybridized carbons (Fsp3) is 0. The third-order valence-corrected chi connectivity index (χ3v) is 9.45. The van der Waals surface area contributed by atoms with Gasteiger partial charge in [0.2, 0.25) is 0 Å². The van der Waals surface area contributed by atoms with Crippen LogP contribution in [0.3, 0.4) is 0 Å². The minimum absolute atomic E-state index is 0.614. The summed E-state index contributed by atoms with van der Waals surface area (Å²) in [5.41, 5.74) is 10.2. The molecule has 0 aliphatic heterocycles. The predicted octanol–water partition coefficient (Wildman–Crippen LogP) is 11.5. The molecule has 10 aromatic rings. The van der Waals surface area contributed by atoms with Gasteiger partial charge in [-0.2, -0.15) is 0 Å². The Labute approximate surface area is 287 Å². The normalized spacial score (nSPS) is 11.6. The van der Waals surface area contributed by atoms with E-state index in [-0.39, 0.29) is 0 Å². The lowest BCUT2D eigenvalue weighted by atomic mass is 10.1. The van der Waals surface area contributed by atoms with Crippen LogP contribution in [0.15, 0.2) is 174 Å². The van der Waals surface area contributed by atoms with E-state index in [1.54, 1.807) is 0 Å². The lowest BCUT2D eigenvalue weighted by molar-refractivity contribution is 0.669. The van der Waals surface area contributed by atoms with Crippen molar-refractivity contribution in [3.63, 3.8) is 0 Å². The zero-order chi connectivity index (χ0) is 33.0. The molecule has 234 valence electrons. The van der Waals surface area contributed by atoms with Gasteiger partial charge in [0.1, 0.15) is 11.2 Å². The Morgan fingerprint density at radius 3 is 1.52 bits per heavy atom. The predicted molar refractivity (Wildman–Crippen MR) is 203 cm³/mol. The molecule has 10 rings (SSSR count). The van der Waals surface area contributed by atoms with Crippen LogP contribution < -0.4 is 0 Å². The molecule has 0 N–H and O–H groups in total. The lowest BCUT2D eigenvalue weighted by Crippen LogP contribution is -2.00. The second-order valence-corrected chi connectivity index (χ2v) is 12.5. The largest absolute Gasteiger partial charge is 0.456 e. The van der Waals surface area contributed by atoms with Crippen LogP contribution in [0, 0.1) is 0 Å². The highest BCUT2D eigenvalue weighted by Crippen LogP contribution is 2.39. The van der Waals surface area contributed by atoms with Crippen molar-refractivity contribution in [2.75, 3.05) is 0 Å². The highest BCUT2D eigenvalue weighted by molar-refractivity contribution is 6.17. The molecule has 0 atom stereocenters. The molecule has 3 heterocycles. The van der Waals surface area contributed by atoms with E-state index in [2.05, 4.69) is 95.6 Å². The zero-order valence-corrected chi connectivity index (χ0v) is 26.9. The third kappa shape index (κ3) is 4.67. The molecular weight excluding hydrogens is 613 g/mol. The van der Waals surface area contributed by atoms with Crippen LogP contribution in [0.5, 0.6) is 0 Å². The van der Waals surface area contributed by atoms with Gasteiger partial charge in [0.15, 0.2) is 17.5 Å². The lowest BCUT2D eigenvalue weighted by Gasteiger charge is -2.09. The number of fused-ring (bicyclic) bond motifs is 6. The number of hydrogen-bond donors (Lipinski definition) is 0. The summed E-state index contributed by atoms with van der Waals surface area (Å²) in [5.74, 6) is 1.88. The maximum atomic E-state index is 6.50. The van der Waals surface area contributed by atoms with Gasteiger partial charge in [-0.3, -0.25) is 0 Å². The van der Waals surface area contributed by atoms with Crippen LogP contribution in [0.4, 0.5) is 0 Å². The van der Waals surface area contributed by atoms with Gasteiger partial charge in [0.25, 0.3) is 0 Å². The maximum absolute atomic E-state index is 6.50. The Morgan fingerprint density at radius 1 is 0.340 bits per heavy atom. The Morgan fingerprint density at radius 2 is 0.860 bits per heavy atom. The average Bonchev–Trinajstić information content (AvgIpc) is 3.72. The first-order valence-corrected chi connectivity index (χ1v) is 16.7. The van der Waals surface area contributed by atoms with Gasteiger partial charge in [0.05, 0.1) is 11.0 Å². The fourth-order valence-corrected chi connectivity index (χ4v) is 7.03. The van der Waals surface area contributed by atoms with Crippen molar-refractivity contribution in [3.05, 3.63) is 170 Å². The number of nitrogens with zero attached hydrogens (tertiary/aromatic N) is 4. The topological polar surface area (TPSA) is 56.7 Å². The van der Waals surface area contributed by atoms with Crippen molar-refractivity contribution in [3.8, 4) is 51.0 Å². The number of para-hydroxylation sites is 1. The van der Waals surface area contributed by atoms with Crippen LogP contribution in [0.2, 0.25) is 0 Å². The summed E-state index contributed by atoms with van der Waals surface area (Å²) in [5, 5.41) is 4.39. The second-order valence-electron chi connectivity index (χ2n) is 12.5. The van der Waals surface area contributed by atoms with E-state index in [4.69, 9.17) is 19.4 Å². The van der Waals surface area contributed by atoms with E-state index in [0.717, 1.165) is 60.7 Å². The molecule has 0 saturated carbocycles. The first-order chi connectivity index (χ1) is 24.8. The Bertz CT molecular complexity index is 2780. The van der Waals surface area contributed by atoms with Crippen molar-refractivity contribution in [2.45, 2.75) is 0 Å². The zero-order valence-electron chi connectivity index (χ0n) is 26.9. The van der Waals surface area contributed by atoms with Gasteiger partial charge < -0.3 is 8.98 Å². The molecule has 0 aliphatic carbocycles. The van der Waals surface area contributed by atoms with E-state index in [1.807, 2.05) is 78.9 Å². The van der Waals surface area contributed by atoms with Gasteiger partial charge in [-0.1, -0.05) is 121 Å². The minimum Gasteiger partial charge on any atom is -0.456 e. The Kier molecular flexibility index (Phi) is 6.42. The summed E-state index contributed by atoms with van der Waals surface area (Å²) >= 11 is 0. The summed E-state index contributed by atoms with van der Waals surface area (Å²) in [6.45, 7) is 0. The summed E-state index contributed by atoms with van der Waals surface area (Å²) in [6, 6.07) is 58.7. The highest BCUT2D eigenvalue weighted by Gasteiger charge is 2.18. The Hall–Kier alpha value is -6.85. The molecule has 3 aromatic heterocycles. The average molecular weight is 641 g/mol. The number of rotatable bonds is 5. The summed E-state index contributed by atoms with van der Waals surface area (Å²) in [6.07, 6.45) is 0. The number of benzene rings is 7. The number of aromatic nitrogens is 4. The molecule has 7 aromatic carbocycles. The van der Waals surface area contributed by atoms with E-state index in [0.29, 0.717) is 17.5 Å². The molecule has 50 heavy (non-hydrogen) atoms. The van der Waals surface area contributed by atoms with Crippen molar-refractivity contribution in [1.29, 1.82) is 0 Å². The molecule has 0 fully saturated rings. The van der Waals surface area contributed by atoms with Crippen molar-refractivity contribution < 1.29 is 4.42 Å². The summed E-state index contributed by atoms with van der Waals surface area (Å²) in [4.78, 5) is 14.8. The second kappa shape index (κ2) is 11.4. The van der Waals surface area contributed by atoms with Gasteiger partial charge in [-0.25, -0.2) is 15.0 Å². The SMILES string of the molecule is c1ccc(-c2ccc(-n3c4ccccc4c4cc5oc6ccc(-c7nc(-c8ccccc8)nc(-c8ccccc8)n7)cc6c5cc43)cc2)cc1. The van der Waals surface area contributed by atoms with E-state index < -0.39 is 0 Å². The van der Waals surface area contributed by atoms with Gasteiger partial charge >= 0.3 is 0 Å². The van der Waals surface area contributed by atoms with Gasteiger partial charge in [-0.05, 0) is 59.7 Å². The molecule has 5 nitrogen and oxygen atoms in total.